The quantitative estimate of drug-likeness (QED) is 0.250. The molecule has 0 unspecified atom stereocenters. The fraction of sp³-hybridized carbons (Fsp3) is 0.172. The van der Waals surface area contributed by atoms with Crippen LogP contribution < -0.4 is 15.5 Å². The predicted octanol–water partition coefficient (Wildman–Crippen LogP) is 4.52. The van der Waals surface area contributed by atoms with Crippen molar-refractivity contribution in [2.45, 2.75) is 20.3 Å². The van der Waals surface area contributed by atoms with Gasteiger partial charge in [-0.1, -0.05) is 42.8 Å². The van der Waals surface area contributed by atoms with Gasteiger partial charge in [0.05, 0.1) is 25.1 Å². The highest BCUT2D eigenvalue weighted by molar-refractivity contribution is 5.96. The van der Waals surface area contributed by atoms with E-state index < -0.39 is 5.91 Å². The number of ether oxygens (including phenoxy) is 1. The van der Waals surface area contributed by atoms with Crippen LogP contribution in [0.5, 0.6) is 5.75 Å². The van der Waals surface area contributed by atoms with Gasteiger partial charge in [-0.2, -0.15) is 10.2 Å². The monoisotopic (exact) mass is 495 g/mol. The zero-order valence-electron chi connectivity index (χ0n) is 20.8. The number of aryl methyl sites for hydroxylation is 1. The van der Waals surface area contributed by atoms with Crippen LogP contribution >= 0.6 is 0 Å². The summed E-state index contributed by atoms with van der Waals surface area (Å²) < 4.78 is 7.45. The van der Waals surface area contributed by atoms with Crippen molar-refractivity contribution in [1.29, 1.82) is 0 Å². The SMILES string of the molecule is CCCOc1ccc(-c2nn(-c3ccccc3)cc2C=NNC(=O)CNC(=O)c2ccc(C)cc2)cc1. The number of para-hydroxylation sites is 1. The lowest BCUT2D eigenvalue weighted by molar-refractivity contribution is -0.120. The zero-order valence-corrected chi connectivity index (χ0v) is 20.8. The Labute approximate surface area is 216 Å². The molecule has 0 bridgehead atoms. The molecule has 0 aliphatic heterocycles. The van der Waals surface area contributed by atoms with E-state index in [4.69, 9.17) is 9.84 Å². The second-order valence-electron chi connectivity index (χ2n) is 8.43. The number of hydrogen-bond donors (Lipinski definition) is 2. The van der Waals surface area contributed by atoms with Crippen molar-refractivity contribution in [3.05, 3.63) is 102 Å². The summed E-state index contributed by atoms with van der Waals surface area (Å²) in [5, 5.41) is 11.5. The number of nitrogens with one attached hydrogen (secondary N) is 2. The number of rotatable bonds is 10. The van der Waals surface area contributed by atoms with E-state index >= 15 is 0 Å². The molecule has 1 aromatic heterocycles. The van der Waals surface area contributed by atoms with E-state index in [1.54, 1.807) is 23.0 Å². The summed E-state index contributed by atoms with van der Waals surface area (Å²) in [6.07, 6.45) is 4.33. The predicted molar refractivity (Wildman–Crippen MR) is 144 cm³/mol. The molecule has 0 saturated carbocycles. The summed E-state index contributed by atoms with van der Waals surface area (Å²) in [5.74, 6) is 0.0336. The van der Waals surface area contributed by atoms with Gasteiger partial charge in [-0.3, -0.25) is 9.59 Å². The lowest BCUT2D eigenvalue weighted by Crippen LogP contribution is -2.34. The second kappa shape index (κ2) is 12.3. The van der Waals surface area contributed by atoms with Crippen molar-refractivity contribution in [1.82, 2.24) is 20.5 Å². The minimum atomic E-state index is -0.439. The summed E-state index contributed by atoms with van der Waals surface area (Å²) in [6, 6.07) is 24.6. The van der Waals surface area contributed by atoms with Crippen LogP contribution in [0.15, 0.2) is 90.2 Å². The molecule has 188 valence electrons. The minimum absolute atomic E-state index is 0.195. The number of aromatic nitrogens is 2. The molecule has 37 heavy (non-hydrogen) atoms. The summed E-state index contributed by atoms with van der Waals surface area (Å²) in [7, 11) is 0. The number of amides is 2. The first-order valence-electron chi connectivity index (χ1n) is 12.1. The third-order valence-corrected chi connectivity index (χ3v) is 5.48. The minimum Gasteiger partial charge on any atom is -0.494 e. The number of carbonyl (C=O) groups excluding carboxylic acids is 2. The smallest absolute Gasteiger partial charge is 0.259 e. The lowest BCUT2D eigenvalue weighted by Gasteiger charge is -2.05. The first kappa shape index (κ1) is 25.4. The van der Waals surface area contributed by atoms with Crippen molar-refractivity contribution in [2.75, 3.05) is 13.2 Å². The van der Waals surface area contributed by atoms with Crippen molar-refractivity contribution in [3.63, 3.8) is 0 Å². The Bertz CT molecular complexity index is 1360. The van der Waals surface area contributed by atoms with Gasteiger partial charge in [0.2, 0.25) is 0 Å². The maximum Gasteiger partial charge on any atom is 0.259 e. The number of nitrogens with zero attached hydrogens (tertiary/aromatic N) is 3. The van der Waals surface area contributed by atoms with E-state index in [9.17, 15) is 9.59 Å². The summed E-state index contributed by atoms with van der Waals surface area (Å²) in [6.45, 7) is 4.47. The van der Waals surface area contributed by atoms with Gasteiger partial charge in [0.1, 0.15) is 11.4 Å². The maximum atomic E-state index is 12.3. The van der Waals surface area contributed by atoms with Crippen LogP contribution in [0.2, 0.25) is 0 Å². The number of benzene rings is 3. The Kier molecular flexibility index (Phi) is 8.44. The lowest BCUT2D eigenvalue weighted by atomic mass is 10.1. The molecule has 0 fully saturated rings. The van der Waals surface area contributed by atoms with Gasteiger partial charge in [0, 0.05) is 22.9 Å². The average molecular weight is 496 g/mol. The van der Waals surface area contributed by atoms with Crippen molar-refractivity contribution >= 4 is 18.0 Å². The summed E-state index contributed by atoms with van der Waals surface area (Å²) in [4.78, 5) is 24.5. The van der Waals surface area contributed by atoms with E-state index in [1.165, 1.54) is 0 Å². The molecule has 0 aliphatic carbocycles. The Morgan fingerprint density at radius 2 is 1.73 bits per heavy atom. The number of hydrogen-bond acceptors (Lipinski definition) is 5. The third-order valence-electron chi connectivity index (χ3n) is 5.48. The maximum absolute atomic E-state index is 12.3. The molecule has 0 spiro atoms. The highest BCUT2D eigenvalue weighted by atomic mass is 16.5. The molecule has 2 N–H and O–H groups in total. The van der Waals surface area contributed by atoms with E-state index in [2.05, 4.69) is 22.8 Å². The number of carbonyl (C=O) groups is 2. The van der Waals surface area contributed by atoms with Gasteiger partial charge in [0.25, 0.3) is 11.8 Å². The summed E-state index contributed by atoms with van der Waals surface area (Å²) >= 11 is 0. The average Bonchev–Trinajstić information content (AvgIpc) is 3.36. The van der Waals surface area contributed by atoms with Crippen LogP contribution in [0.4, 0.5) is 0 Å². The largest absolute Gasteiger partial charge is 0.494 e. The van der Waals surface area contributed by atoms with Crippen molar-refractivity contribution in [2.24, 2.45) is 5.10 Å². The van der Waals surface area contributed by atoms with Crippen molar-refractivity contribution < 1.29 is 14.3 Å². The van der Waals surface area contributed by atoms with Crippen LogP contribution in [-0.2, 0) is 4.79 Å². The summed E-state index contributed by atoms with van der Waals surface area (Å²) in [5.41, 5.74) is 7.22. The standard InChI is InChI=1S/C29H29N5O3/c1-3-17-37-26-15-13-22(14-16-26)28-24(20-34(33-28)25-7-5-4-6-8-25)18-31-32-27(35)19-30-29(36)23-11-9-21(2)10-12-23/h4-16,18,20H,3,17,19H2,1-2H3,(H,30,36)(H,32,35). The molecule has 0 aliphatic rings. The van der Waals surface area contributed by atoms with E-state index in [-0.39, 0.29) is 12.5 Å². The third kappa shape index (κ3) is 6.91. The van der Waals surface area contributed by atoms with E-state index in [0.29, 0.717) is 17.9 Å². The van der Waals surface area contributed by atoms with Crippen LogP contribution in [0.25, 0.3) is 16.9 Å². The molecule has 2 amide bonds. The first-order valence-corrected chi connectivity index (χ1v) is 12.1. The zero-order chi connectivity index (χ0) is 26.0. The van der Waals surface area contributed by atoms with Crippen LogP contribution in [0.3, 0.4) is 0 Å². The van der Waals surface area contributed by atoms with Gasteiger partial charge in [-0.15, -0.1) is 0 Å². The first-order chi connectivity index (χ1) is 18.0. The number of hydrazone groups is 1. The normalized spacial score (nSPS) is 10.9. The van der Waals surface area contributed by atoms with Gasteiger partial charge in [-0.25, -0.2) is 10.1 Å². The van der Waals surface area contributed by atoms with Gasteiger partial charge >= 0.3 is 0 Å². The fourth-order valence-electron chi connectivity index (χ4n) is 3.53. The molecule has 0 atom stereocenters. The molecular formula is C29H29N5O3. The Morgan fingerprint density at radius 3 is 2.43 bits per heavy atom. The van der Waals surface area contributed by atoms with Gasteiger partial charge in [-0.05, 0) is 61.9 Å². The Morgan fingerprint density at radius 1 is 1.00 bits per heavy atom. The molecule has 0 saturated heterocycles. The van der Waals surface area contributed by atoms with Crippen LogP contribution in [-0.4, -0.2) is 41.0 Å². The molecule has 0 radical (unpaired) electrons. The highest BCUT2D eigenvalue weighted by Crippen LogP contribution is 2.25. The molecule has 4 aromatic rings. The molecule has 8 nitrogen and oxygen atoms in total. The molecule has 3 aromatic carbocycles. The van der Waals surface area contributed by atoms with E-state index in [0.717, 1.165) is 34.5 Å². The van der Waals surface area contributed by atoms with Gasteiger partial charge in [0.15, 0.2) is 0 Å². The van der Waals surface area contributed by atoms with E-state index in [1.807, 2.05) is 79.9 Å². The highest BCUT2D eigenvalue weighted by Gasteiger charge is 2.12. The fourth-order valence-corrected chi connectivity index (χ4v) is 3.53. The Balaban J connectivity index is 1.46. The van der Waals surface area contributed by atoms with Crippen molar-refractivity contribution in [3.8, 4) is 22.7 Å². The molecule has 4 rings (SSSR count). The second-order valence-corrected chi connectivity index (χ2v) is 8.43. The van der Waals surface area contributed by atoms with Crippen LogP contribution in [0, 0.1) is 6.92 Å². The topological polar surface area (TPSA) is 97.6 Å². The van der Waals surface area contributed by atoms with Gasteiger partial charge < -0.3 is 10.1 Å². The Hall–Kier alpha value is -4.72. The molecule has 8 heteroatoms. The molecular weight excluding hydrogens is 466 g/mol. The molecule has 1 heterocycles. The van der Waals surface area contributed by atoms with Crippen LogP contribution in [0.1, 0.15) is 34.8 Å².